The first kappa shape index (κ1) is 19.4. The highest BCUT2D eigenvalue weighted by molar-refractivity contribution is 5.38. The number of piperidine rings is 1. The Hall–Kier alpha value is -0.940. The third-order valence-corrected chi connectivity index (χ3v) is 7.33. The summed E-state index contributed by atoms with van der Waals surface area (Å²) in [5.74, 6) is 1.01. The highest BCUT2D eigenvalue weighted by Gasteiger charge is 2.40. The van der Waals surface area contributed by atoms with E-state index in [0.29, 0.717) is 11.8 Å². The summed E-state index contributed by atoms with van der Waals surface area (Å²) in [6.07, 6.45) is 2.38. The van der Waals surface area contributed by atoms with Gasteiger partial charge in [0, 0.05) is 52.4 Å². The highest BCUT2D eigenvalue weighted by atomic mass is 16.3. The molecule has 0 aromatic heterocycles. The van der Waals surface area contributed by atoms with Crippen molar-refractivity contribution in [1.82, 2.24) is 14.7 Å². The van der Waals surface area contributed by atoms with Crippen LogP contribution in [-0.2, 0) is 13.1 Å². The van der Waals surface area contributed by atoms with Crippen molar-refractivity contribution in [3.8, 4) is 0 Å². The van der Waals surface area contributed by atoms with Gasteiger partial charge in [0.2, 0.25) is 0 Å². The van der Waals surface area contributed by atoms with Crippen LogP contribution in [0.5, 0.6) is 0 Å². The van der Waals surface area contributed by atoms with Gasteiger partial charge < -0.3 is 10.0 Å². The summed E-state index contributed by atoms with van der Waals surface area (Å²) in [4.78, 5) is 7.76. The molecule has 1 saturated carbocycles. The van der Waals surface area contributed by atoms with Gasteiger partial charge in [-0.05, 0) is 61.8 Å². The topological polar surface area (TPSA) is 30.0 Å². The third-order valence-electron chi connectivity index (χ3n) is 7.33. The molecule has 1 aromatic rings. The lowest BCUT2D eigenvalue weighted by Gasteiger charge is -2.36. The molecule has 0 spiro atoms. The van der Waals surface area contributed by atoms with Crippen LogP contribution in [0.2, 0.25) is 0 Å². The zero-order chi connectivity index (χ0) is 19.0. The Labute approximate surface area is 165 Å². The van der Waals surface area contributed by atoms with Gasteiger partial charge >= 0.3 is 0 Å². The molecule has 150 valence electrons. The van der Waals surface area contributed by atoms with Gasteiger partial charge in [0.25, 0.3) is 0 Å². The van der Waals surface area contributed by atoms with Crippen LogP contribution in [0.4, 0.5) is 0 Å². The van der Waals surface area contributed by atoms with Crippen LogP contribution in [0, 0.1) is 25.7 Å². The molecule has 2 bridgehead atoms. The minimum Gasteiger partial charge on any atom is -0.392 e. The summed E-state index contributed by atoms with van der Waals surface area (Å²) in [5, 5.41) is 10.3. The molecule has 2 saturated heterocycles. The second kappa shape index (κ2) is 8.20. The third kappa shape index (κ3) is 4.24. The number of hydrogen-bond donors (Lipinski definition) is 1. The molecule has 3 aliphatic rings. The lowest BCUT2D eigenvalue weighted by molar-refractivity contribution is 0.0138. The molecule has 1 unspecified atom stereocenters. The molecular formula is C23H37N3O. The van der Waals surface area contributed by atoms with Crippen molar-refractivity contribution in [3.63, 3.8) is 0 Å². The number of hydrogen-bond acceptors (Lipinski definition) is 4. The maximum atomic E-state index is 10.3. The van der Waals surface area contributed by atoms with E-state index in [1.165, 1.54) is 67.8 Å². The van der Waals surface area contributed by atoms with E-state index in [9.17, 15) is 5.11 Å². The number of aliphatic hydroxyl groups is 1. The summed E-state index contributed by atoms with van der Waals surface area (Å²) in [7, 11) is 0. The second-order valence-electron chi connectivity index (χ2n) is 9.20. The molecule has 27 heavy (non-hydrogen) atoms. The summed E-state index contributed by atoms with van der Waals surface area (Å²) in [5.41, 5.74) is 5.87. The van der Waals surface area contributed by atoms with Crippen LogP contribution >= 0.6 is 0 Å². The van der Waals surface area contributed by atoms with Gasteiger partial charge in [0.05, 0.1) is 6.10 Å². The van der Waals surface area contributed by atoms with E-state index in [4.69, 9.17) is 0 Å². The van der Waals surface area contributed by atoms with Crippen molar-refractivity contribution in [2.75, 3.05) is 45.8 Å². The Morgan fingerprint density at radius 2 is 1.37 bits per heavy atom. The molecule has 2 aliphatic heterocycles. The molecule has 4 rings (SSSR count). The van der Waals surface area contributed by atoms with Crippen LogP contribution in [0.3, 0.4) is 0 Å². The summed E-state index contributed by atoms with van der Waals surface area (Å²) < 4.78 is 0. The number of benzene rings is 1. The first-order valence-corrected chi connectivity index (χ1v) is 11.0. The first-order valence-electron chi connectivity index (χ1n) is 11.0. The summed E-state index contributed by atoms with van der Waals surface area (Å²) in [6.45, 7) is 17.0. The maximum Gasteiger partial charge on any atom is 0.0620 e. The SMILES string of the molecule is CCN1CCN(Cc2cc(C)cc(CN3C[C@H]4CC[C@@H](C3)C4O)c2C)CC1. The van der Waals surface area contributed by atoms with Crippen LogP contribution in [0.15, 0.2) is 12.1 Å². The Morgan fingerprint density at radius 1 is 0.852 bits per heavy atom. The first-order chi connectivity index (χ1) is 13.0. The second-order valence-corrected chi connectivity index (χ2v) is 9.20. The van der Waals surface area contributed by atoms with Gasteiger partial charge in [-0.25, -0.2) is 0 Å². The predicted octanol–water partition coefficient (Wildman–Crippen LogP) is 2.64. The van der Waals surface area contributed by atoms with Crippen LogP contribution in [-0.4, -0.2) is 71.7 Å². The van der Waals surface area contributed by atoms with Crippen LogP contribution in [0.1, 0.15) is 42.0 Å². The van der Waals surface area contributed by atoms with E-state index in [2.05, 4.69) is 47.6 Å². The van der Waals surface area contributed by atoms with Gasteiger partial charge in [-0.2, -0.15) is 0 Å². The largest absolute Gasteiger partial charge is 0.392 e. The lowest BCUT2D eigenvalue weighted by Crippen LogP contribution is -2.45. The summed E-state index contributed by atoms with van der Waals surface area (Å²) in [6, 6.07) is 4.79. The molecular weight excluding hydrogens is 334 g/mol. The molecule has 0 amide bonds. The Bertz CT molecular complexity index is 639. The number of piperazine rings is 1. The molecule has 1 N–H and O–H groups in total. The minimum atomic E-state index is -0.0443. The maximum absolute atomic E-state index is 10.3. The normalized spacial score (nSPS) is 30.1. The molecule has 2 heterocycles. The fourth-order valence-corrected chi connectivity index (χ4v) is 5.51. The van der Waals surface area contributed by atoms with Gasteiger partial charge in [-0.1, -0.05) is 24.6 Å². The highest BCUT2D eigenvalue weighted by Crippen LogP contribution is 2.37. The average molecular weight is 372 g/mol. The van der Waals surface area contributed by atoms with E-state index >= 15 is 0 Å². The van der Waals surface area contributed by atoms with Crippen molar-refractivity contribution in [2.24, 2.45) is 11.8 Å². The van der Waals surface area contributed by atoms with Crippen molar-refractivity contribution in [3.05, 3.63) is 34.4 Å². The van der Waals surface area contributed by atoms with Crippen LogP contribution in [0.25, 0.3) is 0 Å². The molecule has 3 fully saturated rings. The summed E-state index contributed by atoms with van der Waals surface area (Å²) >= 11 is 0. The molecule has 0 radical (unpaired) electrons. The van der Waals surface area contributed by atoms with Crippen molar-refractivity contribution in [1.29, 1.82) is 0 Å². The average Bonchev–Trinajstić information content (AvgIpc) is 2.87. The number of aryl methyl sites for hydroxylation is 1. The zero-order valence-electron chi connectivity index (χ0n) is 17.5. The number of likely N-dealkylation sites (tertiary alicyclic amines) is 1. The number of likely N-dealkylation sites (N-methyl/N-ethyl adjacent to an activating group) is 1. The van der Waals surface area contributed by atoms with E-state index in [0.717, 1.165) is 26.2 Å². The van der Waals surface area contributed by atoms with E-state index < -0.39 is 0 Å². The Kier molecular flexibility index (Phi) is 5.89. The molecule has 1 aliphatic carbocycles. The standard InChI is InChI=1S/C23H37N3O/c1-4-24-7-9-25(10-8-24)15-21-11-17(2)12-22(18(21)3)16-26-13-19-5-6-20(14-26)23(19)27/h11-12,19-20,23,27H,4-10,13-16H2,1-3H3/t19-,20+,23?. The smallest absolute Gasteiger partial charge is 0.0620 e. The van der Waals surface area contributed by atoms with Gasteiger partial charge in [-0.15, -0.1) is 0 Å². The van der Waals surface area contributed by atoms with Crippen molar-refractivity contribution in [2.45, 2.75) is 52.8 Å². The van der Waals surface area contributed by atoms with Crippen molar-refractivity contribution >= 4 is 0 Å². The van der Waals surface area contributed by atoms with Crippen LogP contribution < -0.4 is 0 Å². The molecule has 4 nitrogen and oxygen atoms in total. The van der Waals surface area contributed by atoms with Gasteiger partial charge in [0.15, 0.2) is 0 Å². The van der Waals surface area contributed by atoms with E-state index in [-0.39, 0.29) is 6.10 Å². The lowest BCUT2D eigenvalue weighted by atomic mass is 9.93. The number of fused-ring (bicyclic) bond motifs is 2. The zero-order valence-corrected chi connectivity index (χ0v) is 17.5. The van der Waals surface area contributed by atoms with E-state index in [1.54, 1.807) is 0 Å². The van der Waals surface area contributed by atoms with Crippen molar-refractivity contribution < 1.29 is 5.11 Å². The monoisotopic (exact) mass is 371 g/mol. The Balaban J connectivity index is 1.43. The van der Waals surface area contributed by atoms with Gasteiger partial charge in [-0.3, -0.25) is 9.80 Å². The molecule has 3 atom stereocenters. The minimum absolute atomic E-state index is 0.0443. The number of rotatable bonds is 5. The fraction of sp³-hybridized carbons (Fsp3) is 0.739. The fourth-order valence-electron chi connectivity index (χ4n) is 5.51. The molecule has 1 aromatic carbocycles. The number of aliphatic hydroxyl groups excluding tert-OH is 1. The Morgan fingerprint density at radius 3 is 1.93 bits per heavy atom. The quantitative estimate of drug-likeness (QED) is 0.862. The van der Waals surface area contributed by atoms with Gasteiger partial charge in [0.1, 0.15) is 0 Å². The molecule has 4 heteroatoms. The predicted molar refractivity (Wildman–Crippen MR) is 111 cm³/mol. The van der Waals surface area contributed by atoms with E-state index in [1.807, 2.05) is 0 Å². The number of nitrogens with zero attached hydrogens (tertiary/aromatic N) is 3.